The molecule has 0 bridgehead atoms. The first-order valence-corrected chi connectivity index (χ1v) is 23.5. The fourth-order valence-electron chi connectivity index (χ4n) is 11.4. The minimum atomic E-state index is -0.437. The second kappa shape index (κ2) is 15.5. The Morgan fingerprint density at radius 1 is 0.290 bits per heavy atom. The summed E-state index contributed by atoms with van der Waals surface area (Å²) in [6.45, 7) is 0. The zero-order chi connectivity index (χ0) is 45.5. The van der Waals surface area contributed by atoms with E-state index in [9.17, 15) is 0 Å². The highest BCUT2D eigenvalue weighted by Gasteiger charge is 2.52. The first kappa shape index (κ1) is 39.1. The second-order valence-electron chi connectivity index (χ2n) is 18.1. The average Bonchev–Trinajstić information content (AvgIpc) is 3.91. The Hall–Kier alpha value is -9.12. The summed E-state index contributed by atoms with van der Waals surface area (Å²) in [6.07, 6.45) is 7.33. The van der Waals surface area contributed by atoms with Gasteiger partial charge in [0.1, 0.15) is 0 Å². The van der Waals surface area contributed by atoms with Crippen molar-refractivity contribution in [1.29, 1.82) is 0 Å². The summed E-state index contributed by atoms with van der Waals surface area (Å²) in [5.74, 6) is 0. The molecule has 69 heavy (non-hydrogen) atoms. The molecule has 0 unspecified atom stereocenters. The normalized spacial score (nSPS) is 12.8. The molecule has 2 aliphatic rings. The van der Waals surface area contributed by atoms with Crippen molar-refractivity contribution in [3.05, 3.63) is 265 Å². The Bertz CT molecular complexity index is 3850. The van der Waals surface area contributed by atoms with Gasteiger partial charge < -0.3 is 0 Å². The monoisotopic (exact) mass is 876 g/mol. The standard InChI is InChI=1S/C65H40N4/c1-5-16-55-50(12-1)51-13-2-6-17-56(51)65(55)57-18-7-3-14-52(57)63-58(65)29-28-54-62(63)53-15-4-8-19-59(53)69-64(54)48-11-9-10-47(38-48)49-39-60(45-24-20-41(21-25-45)43-30-34-66-35-31-43)68-61(40-49)46-26-22-42(23-27-46)44-32-36-67-37-33-44/h1-40H. The molecule has 12 aromatic rings. The van der Waals surface area contributed by atoms with Crippen LogP contribution in [0.3, 0.4) is 0 Å². The lowest BCUT2D eigenvalue weighted by atomic mass is 9.70. The number of pyridine rings is 4. The number of fused-ring (bicyclic) bond motifs is 14. The van der Waals surface area contributed by atoms with Crippen LogP contribution in [0.5, 0.6) is 0 Å². The maximum absolute atomic E-state index is 5.53. The zero-order valence-electron chi connectivity index (χ0n) is 37.4. The lowest BCUT2D eigenvalue weighted by molar-refractivity contribution is 0.794. The summed E-state index contributed by atoms with van der Waals surface area (Å²) >= 11 is 0. The maximum atomic E-state index is 5.53. The van der Waals surface area contributed by atoms with Crippen LogP contribution in [0.4, 0.5) is 0 Å². The molecule has 1 spiro atoms. The second-order valence-corrected chi connectivity index (χ2v) is 18.1. The summed E-state index contributed by atoms with van der Waals surface area (Å²) < 4.78 is 0. The molecule has 4 heteroatoms. The van der Waals surface area contributed by atoms with Gasteiger partial charge in [-0.3, -0.25) is 9.97 Å². The molecule has 0 N–H and O–H groups in total. The van der Waals surface area contributed by atoms with Gasteiger partial charge in [0.25, 0.3) is 0 Å². The molecule has 4 aromatic heterocycles. The molecule has 0 saturated carbocycles. The number of benzene rings is 8. The lowest BCUT2D eigenvalue weighted by Gasteiger charge is -2.30. The Balaban J connectivity index is 0.951. The van der Waals surface area contributed by atoms with E-state index in [1.807, 2.05) is 49.1 Å². The van der Waals surface area contributed by atoms with Crippen LogP contribution in [0.25, 0.3) is 111 Å². The molecule has 0 fully saturated rings. The fourth-order valence-corrected chi connectivity index (χ4v) is 11.4. The summed E-state index contributed by atoms with van der Waals surface area (Å²) in [4.78, 5) is 19.3. The zero-order valence-corrected chi connectivity index (χ0v) is 37.4. The van der Waals surface area contributed by atoms with Gasteiger partial charge in [0.2, 0.25) is 0 Å². The molecule has 14 rings (SSSR count). The topological polar surface area (TPSA) is 51.6 Å². The highest BCUT2D eigenvalue weighted by molar-refractivity contribution is 6.20. The number of rotatable bonds is 6. The van der Waals surface area contributed by atoms with Gasteiger partial charge in [-0.2, -0.15) is 0 Å². The van der Waals surface area contributed by atoms with E-state index >= 15 is 0 Å². The molecule has 2 aliphatic carbocycles. The number of nitrogens with zero attached hydrogens (tertiary/aromatic N) is 4. The SMILES string of the molecule is c1cc(-c2cc(-c3ccc(-c4ccncc4)cc3)nc(-c3ccc(-c4ccncc4)cc3)c2)cc(-c2nc3ccccc3c3c4c(ccc23)C2(c3ccccc3-c3ccccc32)c2ccccc2-4)c1. The van der Waals surface area contributed by atoms with Crippen molar-refractivity contribution in [3.63, 3.8) is 0 Å². The summed E-state index contributed by atoms with van der Waals surface area (Å²) in [5.41, 5.74) is 23.7. The van der Waals surface area contributed by atoms with Crippen molar-refractivity contribution >= 4 is 21.7 Å². The fraction of sp³-hybridized carbons (Fsp3) is 0.0154. The van der Waals surface area contributed by atoms with Crippen LogP contribution in [-0.2, 0) is 5.41 Å². The van der Waals surface area contributed by atoms with Gasteiger partial charge in [0, 0.05) is 57.6 Å². The van der Waals surface area contributed by atoms with E-state index in [2.05, 4.69) is 204 Å². The largest absolute Gasteiger partial charge is 0.265 e. The minimum absolute atomic E-state index is 0.437. The average molecular weight is 877 g/mol. The highest BCUT2D eigenvalue weighted by atomic mass is 14.7. The third-order valence-electron chi connectivity index (χ3n) is 14.5. The Labute approximate surface area is 400 Å². The van der Waals surface area contributed by atoms with E-state index in [1.54, 1.807) is 0 Å². The van der Waals surface area contributed by atoms with E-state index in [-0.39, 0.29) is 0 Å². The quantitative estimate of drug-likeness (QED) is 0.156. The van der Waals surface area contributed by atoms with Crippen molar-refractivity contribution in [3.8, 4) is 89.4 Å². The highest BCUT2D eigenvalue weighted by Crippen LogP contribution is 2.64. The van der Waals surface area contributed by atoms with Crippen LogP contribution < -0.4 is 0 Å². The van der Waals surface area contributed by atoms with E-state index < -0.39 is 5.41 Å². The smallest absolute Gasteiger partial charge is 0.0788 e. The van der Waals surface area contributed by atoms with Crippen LogP contribution in [0.15, 0.2) is 243 Å². The van der Waals surface area contributed by atoms with Gasteiger partial charge in [0.05, 0.1) is 28.0 Å². The Kier molecular flexibility index (Phi) is 8.77. The van der Waals surface area contributed by atoms with Crippen LogP contribution in [-0.4, -0.2) is 19.9 Å². The van der Waals surface area contributed by atoms with E-state index in [4.69, 9.17) is 9.97 Å². The predicted octanol–water partition coefficient (Wildman–Crippen LogP) is 15.9. The van der Waals surface area contributed by atoms with Gasteiger partial charge in [-0.1, -0.05) is 170 Å². The molecule has 0 saturated heterocycles. The van der Waals surface area contributed by atoms with Crippen molar-refractivity contribution in [2.45, 2.75) is 5.41 Å². The number of hydrogen-bond donors (Lipinski definition) is 0. The molecule has 4 nitrogen and oxygen atoms in total. The summed E-state index contributed by atoms with van der Waals surface area (Å²) in [7, 11) is 0. The van der Waals surface area contributed by atoms with Crippen LogP contribution in [0.1, 0.15) is 22.3 Å². The van der Waals surface area contributed by atoms with Crippen LogP contribution in [0.2, 0.25) is 0 Å². The molecule has 0 radical (unpaired) electrons. The van der Waals surface area contributed by atoms with Crippen LogP contribution >= 0.6 is 0 Å². The van der Waals surface area contributed by atoms with Gasteiger partial charge in [0.15, 0.2) is 0 Å². The molecule has 0 amide bonds. The van der Waals surface area contributed by atoms with Crippen molar-refractivity contribution in [1.82, 2.24) is 19.9 Å². The third kappa shape index (κ3) is 6.02. The van der Waals surface area contributed by atoms with Gasteiger partial charge in [-0.05, 0) is 126 Å². The third-order valence-corrected chi connectivity index (χ3v) is 14.5. The molecule has 0 aliphatic heterocycles. The molecule has 8 aromatic carbocycles. The van der Waals surface area contributed by atoms with E-state index in [0.29, 0.717) is 0 Å². The summed E-state index contributed by atoms with van der Waals surface area (Å²) in [6, 6.07) is 79.4. The first-order chi connectivity index (χ1) is 34.2. The molecule has 320 valence electrons. The maximum Gasteiger partial charge on any atom is 0.0788 e. The van der Waals surface area contributed by atoms with Crippen molar-refractivity contribution < 1.29 is 0 Å². The van der Waals surface area contributed by atoms with Crippen molar-refractivity contribution in [2.75, 3.05) is 0 Å². The minimum Gasteiger partial charge on any atom is -0.265 e. The van der Waals surface area contributed by atoms with E-state index in [1.165, 1.54) is 49.9 Å². The molecule has 4 heterocycles. The van der Waals surface area contributed by atoms with E-state index in [0.717, 1.165) is 83.4 Å². The van der Waals surface area contributed by atoms with Gasteiger partial charge in [-0.15, -0.1) is 0 Å². The van der Waals surface area contributed by atoms with Gasteiger partial charge >= 0.3 is 0 Å². The molecule has 0 atom stereocenters. The Morgan fingerprint density at radius 2 is 0.783 bits per heavy atom. The van der Waals surface area contributed by atoms with Crippen LogP contribution in [0, 0.1) is 0 Å². The molecular formula is C65H40N4. The first-order valence-electron chi connectivity index (χ1n) is 23.5. The number of para-hydroxylation sites is 1. The van der Waals surface area contributed by atoms with Crippen molar-refractivity contribution in [2.24, 2.45) is 0 Å². The Morgan fingerprint density at radius 3 is 1.39 bits per heavy atom. The number of aromatic nitrogens is 4. The lowest BCUT2D eigenvalue weighted by Crippen LogP contribution is -2.25. The molecular weight excluding hydrogens is 837 g/mol. The van der Waals surface area contributed by atoms with Gasteiger partial charge in [-0.25, -0.2) is 9.97 Å². The predicted molar refractivity (Wildman–Crippen MR) is 282 cm³/mol. The summed E-state index contributed by atoms with van der Waals surface area (Å²) in [5, 5.41) is 3.53. The number of hydrogen-bond acceptors (Lipinski definition) is 4.